The van der Waals surface area contributed by atoms with Gasteiger partial charge in [0, 0.05) is 36.9 Å². The summed E-state index contributed by atoms with van der Waals surface area (Å²) in [6.07, 6.45) is 0. The summed E-state index contributed by atoms with van der Waals surface area (Å²) in [7, 11) is -3.97. The fourth-order valence-electron chi connectivity index (χ4n) is 4.37. The number of hydrogen-bond donors (Lipinski definition) is 0. The maximum absolute atomic E-state index is 13.6. The van der Waals surface area contributed by atoms with Crippen LogP contribution in [0.2, 0.25) is 5.02 Å². The summed E-state index contributed by atoms with van der Waals surface area (Å²) >= 11 is 6.22. The van der Waals surface area contributed by atoms with Crippen LogP contribution in [0, 0.1) is 20.8 Å². The van der Waals surface area contributed by atoms with Gasteiger partial charge in [0.1, 0.15) is 6.54 Å². The highest BCUT2D eigenvalue weighted by molar-refractivity contribution is 7.92. The Morgan fingerprint density at radius 3 is 2.26 bits per heavy atom. The van der Waals surface area contributed by atoms with E-state index in [0.717, 1.165) is 5.56 Å². The Labute approximate surface area is 212 Å². The van der Waals surface area contributed by atoms with Crippen LogP contribution in [-0.4, -0.2) is 51.9 Å². The molecule has 184 valence electrons. The highest BCUT2D eigenvalue weighted by atomic mass is 35.5. The molecule has 1 amide bonds. The van der Waals surface area contributed by atoms with Crippen LogP contribution in [0.4, 0.5) is 11.4 Å². The second-order valence-electron chi connectivity index (χ2n) is 8.84. The molecule has 0 aromatic heterocycles. The maximum atomic E-state index is 13.6. The smallest absolute Gasteiger partial charge is 0.264 e. The molecular weight excluding hydrogens is 482 g/mol. The summed E-state index contributed by atoms with van der Waals surface area (Å²) in [5, 5.41) is 0.411. The van der Waals surface area contributed by atoms with E-state index in [1.165, 1.54) is 33.3 Å². The lowest BCUT2D eigenvalue weighted by atomic mass is 10.1. The van der Waals surface area contributed by atoms with Crippen molar-refractivity contribution in [2.24, 2.45) is 0 Å². The van der Waals surface area contributed by atoms with Gasteiger partial charge < -0.3 is 9.80 Å². The Bertz CT molecular complexity index is 1320. The average Bonchev–Trinajstić information content (AvgIpc) is 2.86. The Morgan fingerprint density at radius 1 is 0.886 bits per heavy atom. The van der Waals surface area contributed by atoms with E-state index in [0.29, 0.717) is 36.9 Å². The van der Waals surface area contributed by atoms with E-state index in [4.69, 9.17) is 11.6 Å². The Morgan fingerprint density at radius 2 is 1.57 bits per heavy atom. The third-order valence-corrected chi connectivity index (χ3v) is 8.61. The number of carbonyl (C=O) groups excluding carboxylic acids is 1. The van der Waals surface area contributed by atoms with E-state index >= 15 is 0 Å². The van der Waals surface area contributed by atoms with Crippen molar-refractivity contribution < 1.29 is 13.2 Å². The van der Waals surface area contributed by atoms with Gasteiger partial charge in [0.15, 0.2) is 0 Å². The molecule has 4 rings (SSSR count). The van der Waals surface area contributed by atoms with Gasteiger partial charge in [-0.3, -0.25) is 9.10 Å². The topological polar surface area (TPSA) is 60.9 Å². The second kappa shape index (κ2) is 10.3. The molecule has 0 aliphatic carbocycles. The lowest BCUT2D eigenvalue weighted by Gasteiger charge is -2.38. The van der Waals surface area contributed by atoms with E-state index < -0.39 is 10.0 Å². The van der Waals surface area contributed by atoms with Crippen LogP contribution >= 0.6 is 11.6 Å². The molecule has 0 bridgehead atoms. The van der Waals surface area contributed by atoms with Crippen molar-refractivity contribution in [3.05, 3.63) is 88.4 Å². The summed E-state index contributed by atoms with van der Waals surface area (Å²) in [6.45, 7) is 8.17. The molecule has 35 heavy (non-hydrogen) atoms. The number of amides is 1. The normalized spacial score (nSPS) is 14.2. The van der Waals surface area contributed by atoms with Crippen LogP contribution in [0.25, 0.3) is 0 Å². The van der Waals surface area contributed by atoms with Crippen molar-refractivity contribution in [2.45, 2.75) is 25.7 Å². The van der Waals surface area contributed by atoms with Gasteiger partial charge in [-0.1, -0.05) is 48.0 Å². The van der Waals surface area contributed by atoms with Crippen LogP contribution in [0.1, 0.15) is 16.7 Å². The number of aryl methyl sites for hydroxylation is 2. The van der Waals surface area contributed by atoms with E-state index in [1.807, 2.05) is 6.92 Å². The predicted octanol–water partition coefficient (Wildman–Crippen LogP) is 4.81. The second-order valence-corrected chi connectivity index (χ2v) is 11.1. The van der Waals surface area contributed by atoms with Crippen molar-refractivity contribution in [3.8, 4) is 0 Å². The summed E-state index contributed by atoms with van der Waals surface area (Å²) in [6, 6.07) is 19.5. The number of rotatable bonds is 6. The molecule has 1 fully saturated rings. The molecule has 1 saturated heterocycles. The van der Waals surface area contributed by atoms with Crippen molar-refractivity contribution in [3.63, 3.8) is 0 Å². The third kappa shape index (κ3) is 5.31. The third-order valence-electron chi connectivity index (χ3n) is 6.60. The molecule has 0 saturated carbocycles. The van der Waals surface area contributed by atoms with Gasteiger partial charge in [0.2, 0.25) is 5.91 Å². The number of benzene rings is 3. The molecule has 8 heteroatoms. The molecular formula is C27H30ClN3O3S. The molecule has 1 aliphatic rings. The van der Waals surface area contributed by atoms with Gasteiger partial charge in [-0.15, -0.1) is 0 Å². The van der Waals surface area contributed by atoms with Crippen LogP contribution < -0.4 is 9.21 Å². The summed E-state index contributed by atoms with van der Waals surface area (Å²) < 4.78 is 28.4. The highest BCUT2D eigenvalue weighted by Gasteiger charge is 2.31. The number of sulfonamides is 1. The van der Waals surface area contributed by atoms with Crippen molar-refractivity contribution in [2.75, 3.05) is 41.9 Å². The lowest BCUT2D eigenvalue weighted by Crippen LogP contribution is -2.52. The first-order valence-electron chi connectivity index (χ1n) is 11.6. The average molecular weight is 512 g/mol. The van der Waals surface area contributed by atoms with E-state index in [1.54, 1.807) is 41.3 Å². The molecule has 0 radical (unpaired) electrons. The first-order chi connectivity index (χ1) is 16.7. The van der Waals surface area contributed by atoms with Crippen molar-refractivity contribution >= 4 is 38.9 Å². The lowest BCUT2D eigenvalue weighted by molar-refractivity contribution is -0.129. The summed E-state index contributed by atoms with van der Waals surface area (Å²) in [5.41, 5.74) is 4.79. The van der Waals surface area contributed by atoms with Crippen LogP contribution in [0.15, 0.2) is 71.6 Å². The molecule has 0 unspecified atom stereocenters. The first-order valence-corrected chi connectivity index (χ1v) is 13.4. The van der Waals surface area contributed by atoms with Crippen molar-refractivity contribution in [1.82, 2.24) is 4.90 Å². The fraction of sp³-hybridized carbons (Fsp3) is 0.296. The Hall–Kier alpha value is -3.03. The minimum atomic E-state index is -3.97. The molecule has 3 aromatic rings. The summed E-state index contributed by atoms with van der Waals surface area (Å²) in [5.74, 6) is -0.232. The van der Waals surface area contributed by atoms with Gasteiger partial charge >= 0.3 is 0 Å². The SMILES string of the molecule is Cc1ccc(Cl)cc1N(CC(=O)N1CCN(c2cccc(C)c2C)CC1)S(=O)(=O)c1ccccc1. The molecule has 0 atom stereocenters. The van der Waals surface area contributed by atoms with Crippen LogP contribution in [0.3, 0.4) is 0 Å². The Kier molecular flexibility index (Phi) is 7.38. The number of nitrogens with zero attached hydrogens (tertiary/aromatic N) is 3. The van der Waals surface area contributed by atoms with Crippen molar-refractivity contribution in [1.29, 1.82) is 0 Å². The number of hydrogen-bond acceptors (Lipinski definition) is 4. The minimum Gasteiger partial charge on any atom is -0.368 e. The van der Waals surface area contributed by atoms with Gasteiger partial charge in [-0.25, -0.2) is 8.42 Å². The molecule has 1 aliphatic heterocycles. The first kappa shape index (κ1) is 25.1. The molecule has 3 aromatic carbocycles. The van der Waals surface area contributed by atoms with Crippen LogP contribution in [0.5, 0.6) is 0 Å². The van der Waals surface area contributed by atoms with E-state index in [-0.39, 0.29) is 17.3 Å². The van der Waals surface area contributed by atoms with Crippen LogP contribution in [-0.2, 0) is 14.8 Å². The molecule has 0 spiro atoms. The van der Waals surface area contributed by atoms with Gasteiger partial charge in [0.05, 0.1) is 10.6 Å². The number of carbonyl (C=O) groups is 1. The van der Waals surface area contributed by atoms with E-state index in [2.05, 4.69) is 36.9 Å². The van der Waals surface area contributed by atoms with E-state index in [9.17, 15) is 13.2 Å². The monoisotopic (exact) mass is 511 g/mol. The Balaban J connectivity index is 1.57. The molecule has 0 N–H and O–H groups in total. The van der Waals surface area contributed by atoms with Gasteiger partial charge in [-0.2, -0.15) is 0 Å². The number of anilines is 2. The fourth-order valence-corrected chi connectivity index (χ4v) is 6.03. The largest absolute Gasteiger partial charge is 0.368 e. The standard InChI is InChI=1S/C27H30ClN3O3S/c1-20-8-7-11-25(22(20)3)29-14-16-30(17-15-29)27(32)19-31(26-18-23(28)13-12-21(26)2)35(33,34)24-9-5-4-6-10-24/h4-13,18H,14-17,19H2,1-3H3. The molecule has 1 heterocycles. The maximum Gasteiger partial charge on any atom is 0.264 e. The zero-order valence-corrected chi connectivity index (χ0v) is 21.8. The zero-order chi connectivity index (χ0) is 25.2. The molecule has 6 nitrogen and oxygen atoms in total. The minimum absolute atomic E-state index is 0.131. The zero-order valence-electron chi connectivity index (χ0n) is 20.2. The number of halogens is 1. The predicted molar refractivity (Wildman–Crippen MR) is 142 cm³/mol. The van der Waals surface area contributed by atoms with Gasteiger partial charge in [-0.05, 0) is 67.8 Å². The highest BCUT2D eigenvalue weighted by Crippen LogP contribution is 2.30. The van der Waals surface area contributed by atoms with Gasteiger partial charge in [0.25, 0.3) is 10.0 Å². The summed E-state index contributed by atoms with van der Waals surface area (Å²) in [4.78, 5) is 17.5. The quantitative estimate of drug-likeness (QED) is 0.476. The number of piperazine rings is 1.